The number of carbonyl (C=O) groups excluding carboxylic acids is 3. The highest BCUT2D eigenvalue weighted by Crippen LogP contribution is 2.42. The Labute approximate surface area is 113 Å². The monoisotopic (exact) mass is 300 g/mol. The summed E-state index contributed by atoms with van der Waals surface area (Å²) >= 11 is 0. The summed E-state index contributed by atoms with van der Waals surface area (Å²) in [4.78, 5) is 29.5. The Morgan fingerprint density at radius 3 is 2.20 bits per heavy atom. The van der Waals surface area contributed by atoms with Crippen molar-refractivity contribution in [3.05, 3.63) is 5.56 Å². The van der Waals surface area contributed by atoms with Crippen molar-refractivity contribution in [2.75, 3.05) is 6.61 Å². The molecule has 0 saturated carbocycles. The van der Waals surface area contributed by atoms with Crippen LogP contribution in [0, 0.1) is 0 Å². The zero-order chi connectivity index (χ0) is 15.3. The van der Waals surface area contributed by atoms with E-state index in [2.05, 4.69) is 13.9 Å². The zero-order valence-corrected chi connectivity index (χ0v) is 11.2. The average molecular weight is 300 g/mol. The number of isocyanates is 2. The maximum Gasteiger partial charge on any atom is 0.383 e. The van der Waals surface area contributed by atoms with Crippen LogP contribution >= 0.6 is 0 Å². The quantitative estimate of drug-likeness (QED) is 0.420. The topological polar surface area (TPSA) is 137 Å². The summed E-state index contributed by atoms with van der Waals surface area (Å²) < 4.78 is 30.8. The molecule has 0 aromatic carbocycles. The first kappa shape index (κ1) is 15.4. The number of carbonyl (C=O) groups is 1. The molecule has 0 N–H and O–H groups in total. The third-order valence-corrected chi connectivity index (χ3v) is 2.60. The van der Waals surface area contributed by atoms with Crippen LogP contribution in [-0.2, 0) is 31.6 Å². The van der Waals surface area contributed by atoms with Crippen LogP contribution in [0.3, 0.4) is 0 Å². The van der Waals surface area contributed by atoms with Crippen molar-refractivity contribution >= 4 is 28.3 Å². The van der Waals surface area contributed by atoms with Crippen LogP contribution in [0.5, 0.6) is 0 Å². The van der Waals surface area contributed by atoms with Gasteiger partial charge in [-0.1, -0.05) is 8.80 Å². The molecule has 0 fully saturated rings. The molecule has 0 bridgehead atoms. The summed E-state index contributed by atoms with van der Waals surface area (Å²) in [6.45, 7) is 2.21. The first-order chi connectivity index (χ1) is 9.37. The van der Waals surface area contributed by atoms with Crippen LogP contribution in [0.15, 0.2) is 8.80 Å². The van der Waals surface area contributed by atoms with Crippen LogP contribution in [0.2, 0.25) is 0 Å². The van der Waals surface area contributed by atoms with Crippen molar-refractivity contribution < 1.29 is 27.5 Å². The first-order valence-electron chi connectivity index (χ1n) is 5.05. The van der Waals surface area contributed by atoms with Gasteiger partial charge in [0.25, 0.3) is 12.2 Å². The Kier molecular flexibility index (Phi) is 4.65. The molecule has 1 aliphatic carbocycles. The molecule has 0 radical (unpaired) electrons. The van der Waals surface area contributed by atoms with Crippen molar-refractivity contribution in [1.82, 2.24) is 9.78 Å². The van der Waals surface area contributed by atoms with Gasteiger partial charge in [0.1, 0.15) is 17.0 Å². The lowest BCUT2D eigenvalue weighted by Gasteiger charge is -1.96. The number of aromatic nitrogens is 2. The molecule has 1 aliphatic heterocycles. The van der Waals surface area contributed by atoms with E-state index < -0.39 is 10.2 Å². The van der Waals surface area contributed by atoms with Crippen LogP contribution in [-0.4, -0.2) is 42.9 Å². The molecule has 0 aromatic heterocycles. The lowest BCUT2D eigenvalue weighted by molar-refractivity contribution is 0.0533. The maximum atomic E-state index is 11.0. The van der Waals surface area contributed by atoms with Gasteiger partial charge in [0.05, 0.1) is 6.61 Å². The standard InChI is InChI=1S/C7H8N2O2.C2N2O4S/c1-3-11-7(10)4-5-6(4)9(2)8-5;5-1-3-9(7,8)4-2-6/h3H2,1-2H3;. The molecule has 2 rings (SSSR count). The minimum absolute atomic E-state index is 0.245. The summed E-state index contributed by atoms with van der Waals surface area (Å²) in [6, 6.07) is 0. The van der Waals surface area contributed by atoms with E-state index in [-0.39, 0.29) is 5.97 Å². The van der Waals surface area contributed by atoms with E-state index >= 15 is 0 Å². The van der Waals surface area contributed by atoms with E-state index in [1.54, 1.807) is 11.6 Å². The predicted octanol–water partition coefficient (Wildman–Crippen LogP) is -0.520. The lowest BCUT2D eigenvalue weighted by Crippen LogP contribution is -1.99. The fraction of sp³-hybridized carbons (Fsp3) is 0.333. The molecule has 20 heavy (non-hydrogen) atoms. The summed E-state index contributed by atoms with van der Waals surface area (Å²) in [5, 5.41) is 3.96. The van der Waals surface area contributed by atoms with Gasteiger partial charge in [-0.15, -0.1) is 0 Å². The van der Waals surface area contributed by atoms with Crippen molar-refractivity contribution in [2.45, 2.75) is 6.92 Å². The third-order valence-electron chi connectivity index (χ3n) is 1.99. The molecule has 0 amide bonds. The second kappa shape index (κ2) is 6.02. The Balaban J connectivity index is 0.000000206. The number of hydrogen-bond donors (Lipinski definition) is 0. The van der Waals surface area contributed by atoms with Crippen LogP contribution in [0.25, 0.3) is 11.4 Å². The van der Waals surface area contributed by atoms with Gasteiger partial charge >= 0.3 is 16.2 Å². The molecule has 11 heteroatoms. The molecule has 106 valence electrons. The average Bonchev–Trinajstić information content (AvgIpc) is 2.96. The van der Waals surface area contributed by atoms with Gasteiger partial charge in [0.15, 0.2) is 0 Å². The number of rotatable bonds is 4. The van der Waals surface area contributed by atoms with Crippen LogP contribution in [0.1, 0.15) is 17.3 Å². The minimum Gasteiger partial charge on any atom is -0.462 e. The molecular formula is C9H8N4O6S. The number of ether oxygens (including phenoxy) is 1. The molecule has 1 heterocycles. The number of hydrogen-bond acceptors (Lipinski definition) is 7. The highest BCUT2D eigenvalue weighted by Gasteiger charge is 2.39. The van der Waals surface area contributed by atoms with E-state index in [0.29, 0.717) is 24.3 Å². The number of nitrogens with zero attached hydrogens (tertiary/aromatic N) is 4. The highest BCUT2D eigenvalue weighted by molar-refractivity contribution is 7.89. The second-order valence-electron chi connectivity index (χ2n) is 3.23. The van der Waals surface area contributed by atoms with Gasteiger partial charge < -0.3 is 4.74 Å². The molecule has 0 unspecified atom stereocenters. The van der Waals surface area contributed by atoms with Gasteiger partial charge in [-0.3, -0.25) is 4.68 Å². The zero-order valence-electron chi connectivity index (χ0n) is 10.4. The van der Waals surface area contributed by atoms with E-state index in [4.69, 9.17) is 4.74 Å². The van der Waals surface area contributed by atoms with Crippen molar-refractivity contribution in [1.29, 1.82) is 0 Å². The summed E-state index contributed by atoms with van der Waals surface area (Å²) in [5.74, 6) is -0.245. The van der Waals surface area contributed by atoms with Gasteiger partial charge in [-0.25, -0.2) is 14.4 Å². The van der Waals surface area contributed by atoms with Gasteiger partial charge in [-0.2, -0.15) is 13.5 Å². The van der Waals surface area contributed by atoms with Crippen LogP contribution in [0.4, 0.5) is 0 Å². The number of aryl methyl sites for hydroxylation is 1. The molecule has 2 aliphatic rings. The molecule has 10 nitrogen and oxygen atoms in total. The normalized spacial score (nSPS) is 10.3. The summed E-state index contributed by atoms with van der Waals surface area (Å²) in [6.07, 6.45) is 1.41. The first-order valence-corrected chi connectivity index (χ1v) is 6.45. The second-order valence-corrected chi connectivity index (χ2v) is 4.49. The van der Waals surface area contributed by atoms with Crippen molar-refractivity contribution in [3.8, 4) is 11.4 Å². The van der Waals surface area contributed by atoms with Gasteiger partial charge in [-0.05, 0) is 6.92 Å². The fourth-order valence-electron chi connectivity index (χ4n) is 1.25. The summed E-state index contributed by atoms with van der Waals surface area (Å²) in [7, 11) is -2.47. The SMILES string of the molecule is CCOC(=O)c1c2nn(C)c1-2.O=C=NS(=O)(=O)N=C=O. The molecule has 0 saturated heterocycles. The highest BCUT2D eigenvalue weighted by atomic mass is 32.2. The van der Waals surface area contributed by atoms with Crippen molar-refractivity contribution in [2.24, 2.45) is 15.8 Å². The van der Waals surface area contributed by atoms with Crippen LogP contribution < -0.4 is 0 Å². The van der Waals surface area contributed by atoms with E-state index in [1.807, 2.05) is 7.05 Å². The predicted molar refractivity (Wildman–Crippen MR) is 63.3 cm³/mol. The Hall–Kier alpha value is -2.61. The Morgan fingerprint density at radius 2 is 1.90 bits per heavy atom. The molecular weight excluding hydrogens is 292 g/mol. The molecule has 0 spiro atoms. The Bertz CT molecular complexity index is 713. The fourth-order valence-corrected chi connectivity index (χ4v) is 1.48. The lowest BCUT2D eigenvalue weighted by atomic mass is 10.5. The smallest absolute Gasteiger partial charge is 0.383 e. The Morgan fingerprint density at radius 1 is 1.35 bits per heavy atom. The number of esters is 1. The number of fused-ring (bicyclic) bond motifs is 1. The summed E-state index contributed by atoms with van der Waals surface area (Å²) in [5.41, 5.74) is 2.43. The molecule has 0 aromatic rings. The van der Waals surface area contributed by atoms with E-state index in [9.17, 15) is 22.8 Å². The maximum absolute atomic E-state index is 11.0. The third kappa shape index (κ3) is 3.45. The van der Waals surface area contributed by atoms with Crippen molar-refractivity contribution in [3.63, 3.8) is 0 Å². The van der Waals surface area contributed by atoms with E-state index in [1.165, 1.54) is 0 Å². The minimum atomic E-state index is -4.28. The van der Waals surface area contributed by atoms with Gasteiger partial charge in [0.2, 0.25) is 0 Å². The van der Waals surface area contributed by atoms with Gasteiger partial charge in [0, 0.05) is 7.05 Å². The molecule has 0 atom stereocenters. The van der Waals surface area contributed by atoms with E-state index in [0.717, 1.165) is 11.4 Å². The largest absolute Gasteiger partial charge is 0.462 e.